The van der Waals surface area contributed by atoms with E-state index in [9.17, 15) is 13.2 Å². The summed E-state index contributed by atoms with van der Waals surface area (Å²) >= 11 is 0. The van der Waals surface area contributed by atoms with E-state index in [0.29, 0.717) is 5.56 Å². The van der Waals surface area contributed by atoms with Crippen LogP contribution in [0.1, 0.15) is 22.7 Å². The molecule has 19 heavy (non-hydrogen) atoms. The second-order valence-corrected chi connectivity index (χ2v) is 4.59. The lowest BCUT2D eigenvalue weighted by Gasteiger charge is -2.14. The lowest BCUT2D eigenvalue weighted by Crippen LogP contribution is -2.15. The van der Waals surface area contributed by atoms with Crippen LogP contribution >= 0.6 is 0 Å². The number of aryl methyl sites for hydroxylation is 1. The van der Waals surface area contributed by atoms with Gasteiger partial charge in [0.25, 0.3) is 0 Å². The fourth-order valence-corrected chi connectivity index (χ4v) is 2.04. The van der Waals surface area contributed by atoms with Gasteiger partial charge >= 0.3 is 0 Å². The molecule has 2 aromatic rings. The summed E-state index contributed by atoms with van der Waals surface area (Å²) in [6, 6.07) is 7.82. The van der Waals surface area contributed by atoms with Crippen molar-refractivity contribution in [2.75, 3.05) is 0 Å². The zero-order valence-electron chi connectivity index (χ0n) is 10.5. The molecule has 4 heteroatoms. The molecule has 0 spiro atoms. The largest absolute Gasteiger partial charge is 0.324 e. The normalized spacial score (nSPS) is 12.5. The van der Waals surface area contributed by atoms with Crippen LogP contribution in [0.25, 0.3) is 0 Å². The summed E-state index contributed by atoms with van der Waals surface area (Å²) in [7, 11) is 0. The van der Waals surface area contributed by atoms with E-state index < -0.39 is 17.7 Å². The Bertz CT molecular complexity index is 576. The van der Waals surface area contributed by atoms with Gasteiger partial charge < -0.3 is 5.73 Å². The topological polar surface area (TPSA) is 26.0 Å². The van der Waals surface area contributed by atoms with Crippen molar-refractivity contribution >= 4 is 0 Å². The molecule has 2 rings (SSSR count). The molecule has 100 valence electrons. The molecular formula is C15H14F3N. The molecule has 1 nitrogen and oxygen atoms in total. The lowest BCUT2D eigenvalue weighted by molar-refractivity contribution is 0.494. The van der Waals surface area contributed by atoms with Crippen molar-refractivity contribution in [1.29, 1.82) is 0 Å². The third-order valence-corrected chi connectivity index (χ3v) is 2.96. The number of benzene rings is 2. The highest BCUT2D eigenvalue weighted by Crippen LogP contribution is 2.21. The molecule has 1 atom stereocenters. The van der Waals surface area contributed by atoms with Gasteiger partial charge in [0.2, 0.25) is 0 Å². The van der Waals surface area contributed by atoms with Crippen molar-refractivity contribution in [3.8, 4) is 0 Å². The number of nitrogens with two attached hydrogens (primary N) is 1. The van der Waals surface area contributed by atoms with Gasteiger partial charge in [-0.05, 0) is 48.2 Å². The first-order valence-electron chi connectivity index (χ1n) is 5.93. The molecule has 1 unspecified atom stereocenters. The maximum atomic E-state index is 13.5. The van der Waals surface area contributed by atoms with Gasteiger partial charge in [0.15, 0.2) is 11.6 Å². The predicted octanol–water partition coefficient (Wildman–Crippen LogP) is 3.65. The first-order valence-corrected chi connectivity index (χ1v) is 5.93. The standard InChI is InChI=1S/C15H14F3N/c1-9-5-11(7-12(16)6-9)14(19)8-10-3-2-4-13(17)15(10)18/h2-7,14H,8,19H2,1H3. The van der Waals surface area contributed by atoms with Crippen molar-refractivity contribution in [3.63, 3.8) is 0 Å². The molecule has 2 aromatic carbocycles. The Kier molecular flexibility index (Phi) is 3.90. The third-order valence-electron chi connectivity index (χ3n) is 2.96. The Morgan fingerprint density at radius 2 is 1.84 bits per heavy atom. The Labute approximate surface area is 109 Å². The molecule has 0 aliphatic heterocycles. The minimum atomic E-state index is -0.903. The number of halogens is 3. The first-order chi connectivity index (χ1) is 8.97. The molecule has 0 saturated heterocycles. The lowest BCUT2D eigenvalue weighted by atomic mass is 9.98. The van der Waals surface area contributed by atoms with Gasteiger partial charge in [0.05, 0.1) is 0 Å². The average Bonchev–Trinajstić information content (AvgIpc) is 2.33. The summed E-state index contributed by atoms with van der Waals surface area (Å²) in [5.41, 5.74) is 7.43. The molecule has 0 aliphatic rings. The number of hydrogen-bond acceptors (Lipinski definition) is 1. The van der Waals surface area contributed by atoms with Crippen LogP contribution in [0.3, 0.4) is 0 Å². The highest BCUT2D eigenvalue weighted by atomic mass is 19.2. The number of hydrogen-bond donors (Lipinski definition) is 1. The van der Waals surface area contributed by atoms with Crippen molar-refractivity contribution in [1.82, 2.24) is 0 Å². The molecule has 0 radical (unpaired) electrons. The minimum absolute atomic E-state index is 0.118. The van der Waals surface area contributed by atoms with E-state index >= 15 is 0 Å². The van der Waals surface area contributed by atoms with Crippen LogP contribution in [0.15, 0.2) is 36.4 Å². The zero-order chi connectivity index (χ0) is 14.0. The van der Waals surface area contributed by atoms with Gasteiger partial charge in [-0.15, -0.1) is 0 Å². The van der Waals surface area contributed by atoms with Crippen molar-refractivity contribution < 1.29 is 13.2 Å². The van der Waals surface area contributed by atoms with Crippen LogP contribution in [0.2, 0.25) is 0 Å². The quantitative estimate of drug-likeness (QED) is 0.900. The summed E-state index contributed by atoms with van der Waals surface area (Å²) < 4.78 is 39.9. The molecular weight excluding hydrogens is 251 g/mol. The Hall–Kier alpha value is -1.81. The van der Waals surface area contributed by atoms with E-state index in [0.717, 1.165) is 11.6 Å². The maximum absolute atomic E-state index is 13.5. The molecule has 0 bridgehead atoms. The van der Waals surface area contributed by atoms with E-state index in [1.165, 1.54) is 24.3 Å². The van der Waals surface area contributed by atoms with Crippen LogP contribution in [0, 0.1) is 24.4 Å². The second kappa shape index (κ2) is 5.45. The van der Waals surface area contributed by atoms with Crippen LogP contribution < -0.4 is 5.73 Å². The van der Waals surface area contributed by atoms with Gasteiger partial charge in [0, 0.05) is 6.04 Å². The summed E-state index contributed by atoms with van der Waals surface area (Å²) in [5, 5.41) is 0. The third kappa shape index (κ3) is 3.15. The van der Waals surface area contributed by atoms with Crippen molar-refractivity contribution in [2.45, 2.75) is 19.4 Å². The fourth-order valence-electron chi connectivity index (χ4n) is 2.04. The van der Waals surface area contributed by atoms with E-state index in [1.807, 2.05) is 0 Å². The molecule has 0 heterocycles. The summed E-state index contributed by atoms with van der Waals surface area (Å²) in [6.07, 6.45) is 0.118. The Morgan fingerprint density at radius 1 is 1.11 bits per heavy atom. The molecule has 0 amide bonds. The van der Waals surface area contributed by atoms with Gasteiger partial charge in [-0.25, -0.2) is 13.2 Å². The SMILES string of the molecule is Cc1cc(F)cc(C(N)Cc2cccc(F)c2F)c1. The maximum Gasteiger partial charge on any atom is 0.162 e. The Balaban J connectivity index is 2.25. The van der Waals surface area contributed by atoms with Crippen LogP contribution in [0.5, 0.6) is 0 Å². The Morgan fingerprint density at radius 3 is 2.53 bits per heavy atom. The van der Waals surface area contributed by atoms with Crippen LogP contribution in [-0.2, 0) is 6.42 Å². The first kappa shape index (κ1) is 13.6. The average molecular weight is 265 g/mol. The van der Waals surface area contributed by atoms with E-state index in [2.05, 4.69) is 0 Å². The van der Waals surface area contributed by atoms with Gasteiger partial charge in [-0.3, -0.25) is 0 Å². The summed E-state index contributed by atoms with van der Waals surface area (Å²) in [4.78, 5) is 0. The molecule has 2 N–H and O–H groups in total. The van der Waals surface area contributed by atoms with Crippen molar-refractivity contribution in [3.05, 3.63) is 70.5 Å². The zero-order valence-corrected chi connectivity index (χ0v) is 10.5. The number of rotatable bonds is 3. The summed E-state index contributed by atoms with van der Waals surface area (Å²) in [5.74, 6) is -2.18. The molecule has 0 aromatic heterocycles. The monoisotopic (exact) mass is 265 g/mol. The van der Waals surface area contributed by atoms with Crippen LogP contribution in [0.4, 0.5) is 13.2 Å². The molecule has 0 aliphatic carbocycles. The predicted molar refractivity (Wildman–Crippen MR) is 68.1 cm³/mol. The molecule has 0 fully saturated rings. The second-order valence-electron chi connectivity index (χ2n) is 4.59. The van der Waals surface area contributed by atoms with Gasteiger partial charge in [-0.1, -0.05) is 18.2 Å². The molecule has 0 saturated carbocycles. The van der Waals surface area contributed by atoms with Gasteiger partial charge in [-0.2, -0.15) is 0 Å². The van der Waals surface area contributed by atoms with Gasteiger partial charge in [0.1, 0.15) is 5.82 Å². The smallest absolute Gasteiger partial charge is 0.162 e. The highest BCUT2D eigenvalue weighted by Gasteiger charge is 2.14. The van der Waals surface area contributed by atoms with E-state index in [4.69, 9.17) is 5.73 Å². The van der Waals surface area contributed by atoms with Crippen molar-refractivity contribution in [2.24, 2.45) is 5.73 Å². The minimum Gasteiger partial charge on any atom is -0.324 e. The fraction of sp³-hybridized carbons (Fsp3) is 0.200. The van der Waals surface area contributed by atoms with Crippen LogP contribution in [-0.4, -0.2) is 0 Å². The summed E-state index contributed by atoms with van der Waals surface area (Å²) in [6.45, 7) is 1.75. The highest BCUT2D eigenvalue weighted by molar-refractivity contribution is 5.28. The van der Waals surface area contributed by atoms with E-state index in [-0.39, 0.29) is 17.8 Å². The van der Waals surface area contributed by atoms with E-state index in [1.54, 1.807) is 13.0 Å².